The molecule has 0 fully saturated rings. The predicted octanol–water partition coefficient (Wildman–Crippen LogP) is 3.27. The molecule has 3 N–H and O–H groups in total. The molecule has 0 saturated carbocycles. The second kappa shape index (κ2) is 15.8. The van der Waals surface area contributed by atoms with Gasteiger partial charge in [-0.3, -0.25) is 4.79 Å². The number of ether oxygens (including phenoxy) is 3. The molecule has 1 heterocycles. The molecule has 0 bridgehead atoms. The molecule has 0 saturated heterocycles. The third-order valence-electron chi connectivity index (χ3n) is 5.54. The lowest BCUT2D eigenvalue weighted by molar-refractivity contribution is -0.127. The van der Waals surface area contributed by atoms with Gasteiger partial charge in [0.2, 0.25) is 5.91 Å². The van der Waals surface area contributed by atoms with Gasteiger partial charge in [-0.05, 0) is 57.0 Å². The van der Waals surface area contributed by atoms with Gasteiger partial charge in [-0.25, -0.2) is 14.3 Å². The van der Waals surface area contributed by atoms with Gasteiger partial charge in [-0.1, -0.05) is 50.1 Å². The molecule has 13 heteroatoms. The van der Waals surface area contributed by atoms with E-state index in [1.165, 1.54) is 4.68 Å². The third-order valence-corrected chi connectivity index (χ3v) is 5.54. The van der Waals surface area contributed by atoms with Crippen LogP contribution < -0.4 is 16.0 Å². The van der Waals surface area contributed by atoms with E-state index in [2.05, 4.69) is 38.4 Å². The normalized spacial score (nSPS) is 12.3. The Morgan fingerprint density at radius 3 is 2.42 bits per heavy atom. The summed E-state index contributed by atoms with van der Waals surface area (Å²) in [5, 5.41) is 20.0. The molecule has 1 atom stereocenters. The van der Waals surface area contributed by atoms with Crippen molar-refractivity contribution in [2.75, 3.05) is 19.8 Å². The van der Waals surface area contributed by atoms with Crippen molar-refractivity contribution in [2.45, 2.75) is 91.1 Å². The number of hydrogen-bond donors (Lipinski definition) is 3. The molecule has 1 aromatic carbocycles. The minimum absolute atomic E-state index is 0.0227. The summed E-state index contributed by atoms with van der Waals surface area (Å²) in [5.74, 6) is -0.189. The first-order chi connectivity index (χ1) is 18.9. The van der Waals surface area contributed by atoms with Gasteiger partial charge in [0.15, 0.2) is 5.82 Å². The van der Waals surface area contributed by atoms with Gasteiger partial charge in [-0.2, -0.15) is 0 Å². The second-order valence-corrected chi connectivity index (χ2v) is 10.8. The van der Waals surface area contributed by atoms with E-state index in [9.17, 15) is 14.4 Å². The number of amides is 3. The van der Waals surface area contributed by atoms with Crippen molar-refractivity contribution in [1.82, 2.24) is 36.2 Å². The van der Waals surface area contributed by atoms with Crippen LogP contribution in [-0.2, 0) is 32.2 Å². The van der Waals surface area contributed by atoms with Crippen LogP contribution in [0.4, 0.5) is 9.59 Å². The van der Waals surface area contributed by atoms with Gasteiger partial charge < -0.3 is 30.2 Å². The first-order valence-electron chi connectivity index (χ1n) is 13.5. The Balaban J connectivity index is 2.07. The summed E-state index contributed by atoms with van der Waals surface area (Å²) in [6.07, 6.45) is 1.72. The summed E-state index contributed by atoms with van der Waals surface area (Å²) < 4.78 is 17.9. The second-order valence-electron chi connectivity index (χ2n) is 10.8. The Morgan fingerprint density at radius 1 is 1.02 bits per heavy atom. The monoisotopic (exact) mass is 561 g/mol. The number of unbranched alkanes of at least 4 members (excludes halogenated alkanes) is 2. The lowest BCUT2D eigenvalue weighted by atomic mass is 10.0. The molecule has 0 spiro atoms. The van der Waals surface area contributed by atoms with Crippen LogP contribution in [0.2, 0.25) is 0 Å². The Morgan fingerprint density at radius 2 is 1.75 bits per heavy atom. The van der Waals surface area contributed by atoms with Gasteiger partial charge in [0.1, 0.15) is 23.8 Å². The van der Waals surface area contributed by atoms with E-state index in [-0.39, 0.29) is 19.8 Å². The average molecular weight is 562 g/mol. The number of carbonyl (C=O) groups excluding carboxylic acids is 3. The van der Waals surface area contributed by atoms with Crippen LogP contribution >= 0.6 is 0 Å². The molecule has 0 aliphatic heterocycles. The highest BCUT2D eigenvalue weighted by atomic mass is 16.6. The summed E-state index contributed by atoms with van der Waals surface area (Å²) in [7, 11) is 0. The summed E-state index contributed by atoms with van der Waals surface area (Å²) in [4.78, 5) is 37.5. The maximum Gasteiger partial charge on any atom is 0.408 e. The van der Waals surface area contributed by atoms with Crippen molar-refractivity contribution in [3.8, 4) is 0 Å². The van der Waals surface area contributed by atoms with Crippen molar-refractivity contribution in [1.29, 1.82) is 0 Å². The summed E-state index contributed by atoms with van der Waals surface area (Å²) in [6, 6.07) is 8.81. The smallest absolute Gasteiger partial charge is 0.408 e. The van der Waals surface area contributed by atoms with E-state index in [0.717, 1.165) is 24.8 Å². The van der Waals surface area contributed by atoms with Crippen LogP contribution in [-0.4, -0.2) is 69.2 Å². The molecule has 2 aromatic rings. The molecule has 0 radical (unpaired) electrons. The van der Waals surface area contributed by atoms with E-state index in [1.807, 2.05) is 30.3 Å². The van der Waals surface area contributed by atoms with Crippen molar-refractivity contribution in [3.05, 3.63) is 41.7 Å². The quantitative estimate of drug-likeness (QED) is 0.277. The summed E-state index contributed by atoms with van der Waals surface area (Å²) >= 11 is 0. The number of tetrazole rings is 1. The number of benzene rings is 1. The van der Waals surface area contributed by atoms with Crippen LogP contribution in [0.1, 0.15) is 78.2 Å². The molecule has 3 amide bonds. The maximum atomic E-state index is 13.3. The highest BCUT2D eigenvalue weighted by Crippen LogP contribution is 2.15. The molecule has 0 aliphatic carbocycles. The molecule has 40 heavy (non-hydrogen) atoms. The minimum Gasteiger partial charge on any atom is -0.448 e. The highest BCUT2D eigenvalue weighted by Gasteiger charge is 2.34. The molecule has 0 aliphatic rings. The molecule has 2 rings (SSSR count). The lowest BCUT2D eigenvalue weighted by Gasteiger charge is -2.29. The Kier molecular flexibility index (Phi) is 12.8. The van der Waals surface area contributed by atoms with Crippen LogP contribution in [0.3, 0.4) is 0 Å². The van der Waals surface area contributed by atoms with Crippen LogP contribution in [0, 0.1) is 0 Å². The number of aromatic nitrogens is 4. The van der Waals surface area contributed by atoms with Gasteiger partial charge in [-0.15, -0.1) is 5.10 Å². The highest BCUT2D eigenvalue weighted by molar-refractivity contribution is 5.89. The van der Waals surface area contributed by atoms with Crippen molar-refractivity contribution < 1.29 is 28.6 Å². The van der Waals surface area contributed by atoms with E-state index in [1.54, 1.807) is 34.6 Å². The number of nitrogens with one attached hydrogen (secondary N) is 3. The van der Waals surface area contributed by atoms with Crippen molar-refractivity contribution >= 4 is 18.1 Å². The Hall–Kier alpha value is -3.74. The summed E-state index contributed by atoms with van der Waals surface area (Å²) in [5.41, 5.74) is -1.09. The first-order valence-corrected chi connectivity index (χ1v) is 13.5. The standard InChI is InChI=1S/C27H43N7O6/c1-7-8-12-15-28-24(36)39-17-16-34-22(31-32-33-34)21(19-38-18-20-13-10-9-11-14-20)29-23(35)27(5,6)30-25(37)40-26(2,3)4/h9-11,13-14,21H,7-8,12,15-19H2,1-6H3,(H,28,36)(H,29,35)(H,30,37). The number of rotatable bonds is 15. The molecular weight excluding hydrogens is 518 g/mol. The van der Waals surface area contributed by atoms with Crippen molar-refractivity contribution in [2.24, 2.45) is 0 Å². The number of alkyl carbamates (subject to hydrolysis) is 2. The van der Waals surface area contributed by atoms with E-state index < -0.39 is 35.3 Å². The molecule has 1 unspecified atom stereocenters. The van der Waals surface area contributed by atoms with Crippen molar-refractivity contribution in [3.63, 3.8) is 0 Å². The zero-order chi connectivity index (χ0) is 29.6. The van der Waals surface area contributed by atoms with Crippen LogP contribution in [0.15, 0.2) is 30.3 Å². The van der Waals surface area contributed by atoms with E-state index in [4.69, 9.17) is 14.2 Å². The first kappa shape index (κ1) is 32.5. The average Bonchev–Trinajstić information content (AvgIpc) is 3.33. The summed E-state index contributed by atoms with van der Waals surface area (Å²) in [6.45, 7) is 11.5. The number of nitrogens with zero attached hydrogens (tertiary/aromatic N) is 4. The fourth-order valence-electron chi connectivity index (χ4n) is 3.47. The Bertz CT molecular complexity index is 1070. The van der Waals surface area contributed by atoms with Crippen LogP contribution in [0.5, 0.6) is 0 Å². The predicted molar refractivity (Wildman–Crippen MR) is 147 cm³/mol. The topological polar surface area (TPSA) is 159 Å². The molecule has 13 nitrogen and oxygen atoms in total. The van der Waals surface area contributed by atoms with Gasteiger partial charge >= 0.3 is 12.2 Å². The fourth-order valence-corrected chi connectivity index (χ4v) is 3.47. The minimum atomic E-state index is -1.32. The number of hydrogen-bond acceptors (Lipinski definition) is 9. The zero-order valence-electron chi connectivity index (χ0n) is 24.4. The number of carbonyl (C=O) groups is 3. The van der Waals surface area contributed by atoms with E-state index in [0.29, 0.717) is 19.0 Å². The lowest BCUT2D eigenvalue weighted by Crippen LogP contribution is -2.56. The Labute approximate surface area is 235 Å². The fraction of sp³-hybridized carbons (Fsp3) is 0.630. The SMILES string of the molecule is CCCCCNC(=O)OCCn1nnnc1C(COCc1ccccc1)NC(=O)C(C)(C)NC(=O)OC(C)(C)C. The van der Waals surface area contributed by atoms with Gasteiger partial charge in [0, 0.05) is 6.54 Å². The maximum absolute atomic E-state index is 13.3. The molecule has 222 valence electrons. The van der Waals surface area contributed by atoms with Gasteiger partial charge in [0.25, 0.3) is 0 Å². The zero-order valence-corrected chi connectivity index (χ0v) is 24.4. The third kappa shape index (κ3) is 12.0. The molecular formula is C27H43N7O6. The largest absolute Gasteiger partial charge is 0.448 e. The van der Waals surface area contributed by atoms with Crippen LogP contribution in [0.25, 0.3) is 0 Å². The van der Waals surface area contributed by atoms with Gasteiger partial charge in [0.05, 0.1) is 19.8 Å². The molecule has 1 aromatic heterocycles. The van der Waals surface area contributed by atoms with E-state index >= 15 is 0 Å².